The predicted molar refractivity (Wildman–Crippen MR) is 86.4 cm³/mol. The summed E-state index contributed by atoms with van der Waals surface area (Å²) in [6, 6.07) is 5.24. The maximum atomic E-state index is 12.6. The Bertz CT molecular complexity index is 569. The molecule has 1 unspecified atom stereocenters. The number of rotatable bonds is 4. The Morgan fingerprint density at radius 2 is 1.91 bits per heavy atom. The number of carbonyl (C=O) groups excluding carboxylic acids is 1. The quantitative estimate of drug-likeness (QED) is 0.904. The van der Waals surface area contributed by atoms with E-state index in [4.69, 9.17) is 28.3 Å². The minimum Gasteiger partial charge on any atom is -0.481 e. The molecule has 0 aliphatic carbocycles. The van der Waals surface area contributed by atoms with E-state index in [1.54, 1.807) is 12.1 Å². The lowest BCUT2D eigenvalue weighted by atomic mass is 9.92. The van der Waals surface area contributed by atoms with Crippen molar-refractivity contribution in [3.05, 3.63) is 33.8 Å². The van der Waals surface area contributed by atoms with Crippen LogP contribution in [0.15, 0.2) is 18.2 Å². The van der Waals surface area contributed by atoms with Gasteiger partial charge in [0, 0.05) is 19.5 Å². The normalized spacial score (nSPS) is 17.3. The molecule has 2 rings (SSSR count). The molecule has 1 atom stereocenters. The molecule has 1 aliphatic rings. The van der Waals surface area contributed by atoms with Gasteiger partial charge in [-0.05, 0) is 43.4 Å². The monoisotopic (exact) mass is 343 g/mol. The van der Waals surface area contributed by atoms with Crippen molar-refractivity contribution in [2.45, 2.75) is 32.1 Å². The van der Waals surface area contributed by atoms with Crippen molar-refractivity contribution in [1.82, 2.24) is 4.90 Å². The number of carbonyl (C=O) groups is 2. The van der Waals surface area contributed by atoms with E-state index in [1.165, 1.54) is 0 Å². The molecule has 6 heteroatoms. The van der Waals surface area contributed by atoms with E-state index in [-0.39, 0.29) is 24.2 Å². The highest BCUT2D eigenvalue weighted by Gasteiger charge is 2.27. The Morgan fingerprint density at radius 3 is 2.45 bits per heavy atom. The summed E-state index contributed by atoms with van der Waals surface area (Å²) < 4.78 is 0. The molecule has 22 heavy (non-hydrogen) atoms. The molecule has 0 saturated carbocycles. The van der Waals surface area contributed by atoms with Gasteiger partial charge in [-0.2, -0.15) is 0 Å². The van der Waals surface area contributed by atoms with Crippen LogP contribution in [0.25, 0.3) is 0 Å². The van der Waals surface area contributed by atoms with Crippen molar-refractivity contribution in [2.24, 2.45) is 5.92 Å². The molecular weight excluding hydrogens is 325 g/mol. The van der Waals surface area contributed by atoms with Gasteiger partial charge in [0.15, 0.2) is 0 Å². The first-order valence-electron chi connectivity index (χ1n) is 7.34. The van der Waals surface area contributed by atoms with E-state index >= 15 is 0 Å². The minimum atomic E-state index is -0.769. The van der Waals surface area contributed by atoms with Gasteiger partial charge in [-0.15, -0.1) is 0 Å². The number of carboxylic acid groups (broad SMARTS) is 1. The third kappa shape index (κ3) is 4.14. The van der Waals surface area contributed by atoms with Crippen molar-refractivity contribution in [2.75, 3.05) is 13.1 Å². The molecule has 1 N–H and O–H groups in total. The van der Waals surface area contributed by atoms with Gasteiger partial charge in [-0.25, -0.2) is 0 Å². The molecule has 1 fully saturated rings. The van der Waals surface area contributed by atoms with Gasteiger partial charge in [0.1, 0.15) is 0 Å². The maximum absolute atomic E-state index is 12.6. The van der Waals surface area contributed by atoms with E-state index in [1.807, 2.05) is 17.9 Å². The van der Waals surface area contributed by atoms with Crippen LogP contribution in [0, 0.1) is 5.92 Å². The molecule has 0 radical (unpaired) electrons. The second-order valence-electron chi connectivity index (χ2n) is 5.76. The zero-order chi connectivity index (χ0) is 16.3. The lowest BCUT2D eigenvalue weighted by molar-refractivity contribution is -0.138. The molecule has 0 bridgehead atoms. The van der Waals surface area contributed by atoms with Crippen molar-refractivity contribution >= 4 is 35.1 Å². The van der Waals surface area contributed by atoms with E-state index in [0.717, 1.165) is 18.4 Å². The highest BCUT2D eigenvalue weighted by Crippen LogP contribution is 2.29. The first-order valence-corrected chi connectivity index (χ1v) is 8.09. The lowest BCUT2D eigenvalue weighted by Crippen LogP contribution is -2.40. The van der Waals surface area contributed by atoms with Gasteiger partial charge in [0.25, 0.3) is 0 Å². The van der Waals surface area contributed by atoms with Crippen LogP contribution in [0.3, 0.4) is 0 Å². The molecule has 1 aromatic carbocycles. The topological polar surface area (TPSA) is 57.6 Å². The smallest absolute Gasteiger partial charge is 0.303 e. The average molecular weight is 344 g/mol. The number of hydrogen-bond donors (Lipinski definition) is 1. The van der Waals surface area contributed by atoms with E-state index < -0.39 is 5.97 Å². The van der Waals surface area contributed by atoms with Crippen molar-refractivity contribution in [1.29, 1.82) is 0 Å². The summed E-state index contributed by atoms with van der Waals surface area (Å²) >= 11 is 11.9. The van der Waals surface area contributed by atoms with Gasteiger partial charge in [-0.3, -0.25) is 9.59 Å². The molecule has 1 aromatic rings. The highest BCUT2D eigenvalue weighted by atomic mass is 35.5. The van der Waals surface area contributed by atoms with E-state index in [2.05, 4.69) is 0 Å². The highest BCUT2D eigenvalue weighted by molar-refractivity contribution is 6.42. The molecule has 1 saturated heterocycles. The average Bonchev–Trinajstić information content (AvgIpc) is 2.49. The van der Waals surface area contributed by atoms with Crippen LogP contribution in [0.5, 0.6) is 0 Å². The van der Waals surface area contributed by atoms with Crippen molar-refractivity contribution in [3.63, 3.8) is 0 Å². The first-order chi connectivity index (χ1) is 10.4. The standard InChI is InChI=1S/C16H19Cl2NO3/c1-10(12-2-3-13(17)14(18)9-12)16(22)19-6-4-11(5-7-19)8-15(20)21/h2-3,9-11H,4-8H2,1H3,(H,20,21). The Balaban J connectivity index is 1.97. The summed E-state index contributed by atoms with van der Waals surface area (Å²) in [6.07, 6.45) is 1.67. The van der Waals surface area contributed by atoms with Gasteiger partial charge >= 0.3 is 5.97 Å². The van der Waals surface area contributed by atoms with E-state index in [0.29, 0.717) is 23.1 Å². The van der Waals surface area contributed by atoms with Gasteiger partial charge in [-0.1, -0.05) is 29.3 Å². The van der Waals surface area contributed by atoms with Crippen LogP contribution in [-0.4, -0.2) is 35.0 Å². The first kappa shape index (κ1) is 17.1. The van der Waals surface area contributed by atoms with Crippen LogP contribution in [0.4, 0.5) is 0 Å². The fraction of sp³-hybridized carbons (Fsp3) is 0.500. The van der Waals surface area contributed by atoms with Crippen LogP contribution in [-0.2, 0) is 9.59 Å². The Labute approximate surface area is 140 Å². The summed E-state index contributed by atoms with van der Waals surface area (Å²) in [7, 11) is 0. The van der Waals surface area contributed by atoms with Gasteiger partial charge in [0.2, 0.25) is 5.91 Å². The third-order valence-corrected chi connectivity index (χ3v) is 4.94. The number of piperidine rings is 1. The van der Waals surface area contributed by atoms with Crippen molar-refractivity contribution in [3.8, 4) is 0 Å². The van der Waals surface area contributed by atoms with E-state index in [9.17, 15) is 9.59 Å². The van der Waals surface area contributed by atoms with Crippen LogP contribution < -0.4 is 0 Å². The van der Waals surface area contributed by atoms with Gasteiger partial charge in [0.05, 0.1) is 16.0 Å². The zero-order valence-corrected chi connectivity index (χ0v) is 13.9. The fourth-order valence-corrected chi connectivity index (χ4v) is 3.11. The SMILES string of the molecule is CC(C(=O)N1CCC(CC(=O)O)CC1)c1ccc(Cl)c(Cl)c1. The minimum absolute atomic E-state index is 0.0483. The summed E-state index contributed by atoms with van der Waals surface area (Å²) in [6.45, 7) is 3.08. The molecule has 1 heterocycles. The fourth-order valence-electron chi connectivity index (χ4n) is 2.80. The summed E-state index contributed by atoms with van der Waals surface area (Å²) in [5.41, 5.74) is 0.840. The zero-order valence-electron chi connectivity index (χ0n) is 12.4. The number of amides is 1. The maximum Gasteiger partial charge on any atom is 0.303 e. The molecule has 1 amide bonds. The second-order valence-corrected chi connectivity index (χ2v) is 6.58. The largest absolute Gasteiger partial charge is 0.481 e. The molecule has 4 nitrogen and oxygen atoms in total. The van der Waals surface area contributed by atoms with Crippen molar-refractivity contribution < 1.29 is 14.7 Å². The predicted octanol–water partition coefficient (Wildman–Crippen LogP) is 3.81. The van der Waals surface area contributed by atoms with Crippen LogP contribution >= 0.6 is 23.2 Å². The molecular formula is C16H19Cl2NO3. The summed E-state index contributed by atoms with van der Waals surface area (Å²) in [5.74, 6) is -0.839. The van der Waals surface area contributed by atoms with Crippen LogP contribution in [0.1, 0.15) is 37.7 Å². The Hall–Kier alpha value is -1.26. The van der Waals surface area contributed by atoms with Crippen LogP contribution in [0.2, 0.25) is 10.0 Å². The second kappa shape index (κ2) is 7.34. The van der Waals surface area contributed by atoms with Gasteiger partial charge < -0.3 is 10.0 Å². The summed E-state index contributed by atoms with van der Waals surface area (Å²) in [4.78, 5) is 25.1. The third-order valence-electron chi connectivity index (χ3n) is 4.20. The Kier molecular flexibility index (Phi) is 5.70. The number of aliphatic carboxylic acids is 1. The molecule has 0 aromatic heterocycles. The number of carboxylic acids is 1. The molecule has 120 valence electrons. The summed E-state index contributed by atoms with van der Waals surface area (Å²) in [5, 5.41) is 9.74. The number of benzene rings is 1. The number of hydrogen-bond acceptors (Lipinski definition) is 2. The Morgan fingerprint density at radius 1 is 1.27 bits per heavy atom. The number of likely N-dealkylation sites (tertiary alicyclic amines) is 1. The molecule has 0 spiro atoms. The molecule has 1 aliphatic heterocycles. The number of halogens is 2. The number of nitrogens with zero attached hydrogens (tertiary/aromatic N) is 1. The lowest BCUT2D eigenvalue weighted by Gasteiger charge is -2.33.